The zero-order chi connectivity index (χ0) is 20.6. The lowest BCUT2D eigenvalue weighted by atomic mass is 10.1. The van der Waals surface area contributed by atoms with Crippen LogP contribution in [0, 0.1) is 0 Å². The van der Waals surface area contributed by atoms with Crippen molar-refractivity contribution in [3.8, 4) is 5.75 Å². The Morgan fingerprint density at radius 3 is 2.59 bits per heavy atom. The van der Waals surface area contributed by atoms with Gasteiger partial charge in [0.25, 0.3) is 11.1 Å². The van der Waals surface area contributed by atoms with Gasteiger partial charge in [0.15, 0.2) is 0 Å². The number of carbonyl (C=O) groups is 2. The molecule has 0 aliphatic carbocycles. The summed E-state index contributed by atoms with van der Waals surface area (Å²) < 4.78 is 16.2. The summed E-state index contributed by atoms with van der Waals surface area (Å²) in [6, 6.07) is 11.3. The predicted molar refractivity (Wildman–Crippen MR) is 110 cm³/mol. The van der Waals surface area contributed by atoms with Gasteiger partial charge in [-0.2, -0.15) is 0 Å². The van der Waals surface area contributed by atoms with Gasteiger partial charge in [-0.3, -0.25) is 19.9 Å². The van der Waals surface area contributed by atoms with Crippen molar-refractivity contribution >= 4 is 29.0 Å². The Morgan fingerprint density at radius 2 is 1.97 bits per heavy atom. The molecule has 29 heavy (non-hydrogen) atoms. The third kappa shape index (κ3) is 6.15. The molecule has 1 aliphatic heterocycles. The zero-order valence-electron chi connectivity index (χ0n) is 16.2. The molecule has 1 aromatic heterocycles. The minimum atomic E-state index is -0.363. The van der Waals surface area contributed by atoms with Crippen LogP contribution in [-0.2, 0) is 20.7 Å². The first-order chi connectivity index (χ1) is 14.0. The molecule has 1 saturated heterocycles. The number of pyridine rings is 1. The molecule has 2 aromatic rings. The van der Waals surface area contributed by atoms with Crippen LogP contribution < -0.4 is 10.1 Å². The molecule has 1 atom stereocenters. The van der Waals surface area contributed by atoms with Crippen LogP contribution in [0.2, 0.25) is 0 Å². The normalized spacial score (nSPS) is 16.1. The number of methoxy groups -OCH3 is 1. The number of amides is 2. The van der Waals surface area contributed by atoms with Gasteiger partial charge in [0.05, 0.1) is 17.6 Å². The van der Waals surface area contributed by atoms with Crippen LogP contribution >= 0.6 is 11.8 Å². The molecule has 152 valence electrons. The predicted octanol–water partition coefficient (Wildman–Crippen LogP) is 3.71. The monoisotopic (exact) mass is 414 g/mol. The molecule has 2 heterocycles. The largest absolute Gasteiger partial charge is 0.493 e. The number of imide groups is 1. The average molecular weight is 414 g/mol. The van der Waals surface area contributed by atoms with Gasteiger partial charge >= 0.3 is 0 Å². The molecule has 1 unspecified atom stereocenters. The maximum absolute atomic E-state index is 11.6. The van der Waals surface area contributed by atoms with Crippen LogP contribution in [0.1, 0.15) is 29.8 Å². The second-order valence-corrected chi connectivity index (χ2v) is 7.33. The van der Waals surface area contributed by atoms with Gasteiger partial charge in [0, 0.05) is 25.4 Å². The molecule has 1 aromatic carbocycles. The maximum Gasteiger partial charge on any atom is 0.290 e. The second kappa shape index (κ2) is 10.2. The lowest BCUT2D eigenvalue weighted by molar-refractivity contribution is -0.115. The number of ether oxygens (including phenoxy) is 3. The Kier molecular flexibility index (Phi) is 7.40. The number of rotatable bonds is 9. The molecule has 1 aliphatic rings. The van der Waals surface area contributed by atoms with Crippen molar-refractivity contribution < 1.29 is 23.8 Å². The van der Waals surface area contributed by atoms with Gasteiger partial charge in [0.1, 0.15) is 12.5 Å². The van der Waals surface area contributed by atoms with Gasteiger partial charge in [0.2, 0.25) is 0 Å². The van der Waals surface area contributed by atoms with Crippen molar-refractivity contribution in [2.75, 3.05) is 20.5 Å². The average Bonchev–Trinajstić information content (AvgIpc) is 3.04. The minimum Gasteiger partial charge on any atom is -0.493 e. The van der Waals surface area contributed by atoms with E-state index in [1.165, 1.54) is 0 Å². The van der Waals surface area contributed by atoms with E-state index in [-0.39, 0.29) is 24.0 Å². The Hall–Kier alpha value is -2.68. The molecule has 7 nitrogen and oxygen atoms in total. The zero-order valence-corrected chi connectivity index (χ0v) is 17.0. The van der Waals surface area contributed by atoms with Crippen molar-refractivity contribution in [3.63, 3.8) is 0 Å². The van der Waals surface area contributed by atoms with Crippen molar-refractivity contribution in [1.29, 1.82) is 0 Å². The molecule has 0 spiro atoms. The minimum absolute atomic E-state index is 0.0759. The highest BCUT2D eigenvalue weighted by Gasteiger charge is 2.24. The summed E-state index contributed by atoms with van der Waals surface area (Å²) in [4.78, 5) is 27.6. The summed E-state index contributed by atoms with van der Waals surface area (Å²) in [6.45, 7) is 2.69. The third-order valence-electron chi connectivity index (χ3n) is 4.20. The van der Waals surface area contributed by atoms with Crippen molar-refractivity contribution in [3.05, 3.63) is 64.3 Å². The van der Waals surface area contributed by atoms with Gasteiger partial charge in [-0.05, 0) is 54.1 Å². The first-order valence-electron chi connectivity index (χ1n) is 9.08. The standard InChI is InChI=1S/C21H22N2O5S/c1-14(28-13-26-2)16-5-6-17(22-12-16)9-10-27-18-7-3-15(4-8-18)11-19-20(24)23-21(25)29-19/h3-8,11-12,14H,9-10,13H2,1-2H3,(H,23,24,25)/b19-11+. The van der Waals surface area contributed by atoms with E-state index in [1.807, 2.05) is 43.3 Å². The van der Waals surface area contributed by atoms with E-state index in [0.29, 0.717) is 17.9 Å². The SMILES string of the molecule is COCOC(C)c1ccc(CCOc2ccc(/C=C3/SC(=O)NC3=O)cc2)nc1. The first kappa shape index (κ1) is 21.0. The van der Waals surface area contributed by atoms with Crippen LogP contribution in [-0.4, -0.2) is 36.6 Å². The van der Waals surface area contributed by atoms with Gasteiger partial charge < -0.3 is 14.2 Å². The number of hydrogen-bond acceptors (Lipinski definition) is 7. The Labute approximate surface area is 173 Å². The lowest BCUT2D eigenvalue weighted by Crippen LogP contribution is -2.17. The van der Waals surface area contributed by atoms with E-state index in [1.54, 1.807) is 19.4 Å². The topological polar surface area (TPSA) is 86.8 Å². The van der Waals surface area contributed by atoms with Crippen molar-refractivity contribution in [2.45, 2.75) is 19.4 Å². The quantitative estimate of drug-likeness (QED) is 0.494. The summed E-state index contributed by atoms with van der Waals surface area (Å²) in [5.74, 6) is 0.364. The highest BCUT2D eigenvalue weighted by molar-refractivity contribution is 8.18. The van der Waals surface area contributed by atoms with E-state index in [0.717, 1.165) is 34.3 Å². The van der Waals surface area contributed by atoms with Crippen LogP contribution in [0.15, 0.2) is 47.5 Å². The Morgan fingerprint density at radius 1 is 1.17 bits per heavy atom. The Bertz CT molecular complexity index is 881. The number of aromatic nitrogens is 1. The molecule has 0 bridgehead atoms. The van der Waals surface area contributed by atoms with Crippen LogP contribution in [0.5, 0.6) is 5.75 Å². The fraction of sp³-hybridized carbons (Fsp3) is 0.286. The molecule has 0 saturated carbocycles. The van der Waals surface area contributed by atoms with Crippen LogP contribution in [0.25, 0.3) is 6.08 Å². The fourth-order valence-electron chi connectivity index (χ4n) is 2.60. The second-order valence-electron chi connectivity index (χ2n) is 6.32. The number of benzene rings is 1. The summed E-state index contributed by atoms with van der Waals surface area (Å²) in [6.07, 6.45) is 4.09. The molecule has 2 amide bonds. The summed E-state index contributed by atoms with van der Waals surface area (Å²) in [5.41, 5.74) is 2.75. The first-order valence-corrected chi connectivity index (χ1v) is 9.90. The molecule has 8 heteroatoms. The fourth-order valence-corrected chi connectivity index (χ4v) is 3.28. The highest BCUT2D eigenvalue weighted by Crippen LogP contribution is 2.26. The van der Waals surface area contributed by atoms with E-state index in [4.69, 9.17) is 14.2 Å². The van der Waals surface area contributed by atoms with Gasteiger partial charge in [-0.15, -0.1) is 0 Å². The van der Waals surface area contributed by atoms with Gasteiger partial charge in [-0.25, -0.2) is 0 Å². The van der Waals surface area contributed by atoms with Gasteiger partial charge in [-0.1, -0.05) is 18.2 Å². The van der Waals surface area contributed by atoms with Crippen LogP contribution in [0.4, 0.5) is 4.79 Å². The van der Waals surface area contributed by atoms with E-state index >= 15 is 0 Å². The third-order valence-corrected chi connectivity index (χ3v) is 5.01. The smallest absolute Gasteiger partial charge is 0.290 e. The maximum atomic E-state index is 11.6. The molecule has 1 fully saturated rings. The highest BCUT2D eigenvalue weighted by atomic mass is 32.2. The number of carbonyl (C=O) groups excluding carboxylic acids is 2. The van der Waals surface area contributed by atoms with E-state index < -0.39 is 0 Å². The van der Waals surface area contributed by atoms with E-state index in [2.05, 4.69) is 10.3 Å². The van der Waals surface area contributed by atoms with Crippen molar-refractivity contribution in [2.24, 2.45) is 0 Å². The number of thioether (sulfide) groups is 1. The Balaban J connectivity index is 1.47. The summed E-state index contributed by atoms with van der Waals surface area (Å²) in [5, 5.41) is 1.89. The number of nitrogens with zero attached hydrogens (tertiary/aromatic N) is 1. The molecular weight excluding hydrogens is 392 g/mol. The number of nitrogens with one attached hydrogen (secondary N) is 1. The molecule has 1 N–H and O–H groups in total. The molecule has 0 radical (unpaired) electrons. The van der Waals surface area contributed by atoms with Crippen molar-refractivity contribution in [1.82, 2.24) is 10.3 Å². The van der Waals surface area contributed by atoms with Crippen LogP contribution in [0.3, 0.4) is 0 Å². The number of hydrogen-bond donors (Lipinski definition) is 1. The lowest BCUT2D eigenvalue weighted by Gasteiger charge is -2.12. The molecular formula is C21H22N2O5S. The summed E-state index contributed by atoms with van der Waals surface area (Å²) in [7, 11) is 1.59. The summed E-state index contributed by atoms with van der Waals surface area (Å²) >= 11 is 0.900. The van der Waals surface area contributed by atoms with E-state index in [9.17, 15) is 9.59 Å². The molecule has 3 rings (SSSR count).